The summed E-state index contributed by atoms with van der Waals surface area (Å²) >= 11 is 5.97. The second-order valence-corrected chi connectivity index (χ2v) is 8.44. The molecule has 0 saturated carbocycles. The Morgan fingerprint density at radius 3 is 2.63 bits per heavy atom. The fourth-order valence-corrected chi connectivity index (χ4v) is 4.81. The van der Waals surface area contributed by atoms with E-state index in [2.05, 4.69) is 20.5 Å². The molecule has 2 aliphatic rings. The van der Waals surface area contributed by atoms with Crippen molar-refractivity contribution in [3.63, 3.8) is 0 Å². The molecule has 0 spiro atoms. The van der Waals surface area contributed by atoms with Crippen molar-refractivity contribution < 1.29 is 9.59 Å². The average molecular weight is 427 g/mol. The van der Waals surface area contributed by atoms with Gasteiger partial charge in [-0.15, -0.1) is 0 Å². The van der Waals surface area contributed by atoms with Gasteiger partial charge >= 0.3 is 0 Å². The van der Waals surface area contributed by atoms with E-state index in [9.17, 15) is 9.59 Å². The molecule has 2 N–H and O–H groups in total. The Balaban J connectivity index is 1.32. The summed E-state index contributed by atoms with van der Waals surface area (Å²) in [7, 11) is 0. The number of aromatic nitrogens is 1. The van der Waals surface area contributed by atoms with Crippen molar-refractivity contribution in [1.82, 2.24) is 15.2 Å². The molecule has 1 aromatic heterocycles. The van der Waals surface area contributed by atoms with Crippen LogP contribution in [0.3, 0.4) is 0 Å². The molecule has 2 unspecified atom stereocenters. The normalized spacial score (nSPS) is 21.5. The number of carbonyl (C=O) groups is 2. The van der Waals surface area contributed by atoms with Gasteiger partial charge < -0.3 is 15.5 Å². The minimum atomic E-state index is -0.334. The predicted molar refractivity (Wildman–Crippen MR) is 118 cm³/mol. The third kappa shape index (κ3) is 4.82. The highest BCUT2D eigenvalue weighted by Crippen LogP contribution is 2.30. The molecule has 2 saturated heterocycles. The van der Waals surface area contributed by atoms with Crippen LogP contribution in [0.4, 0.5) is 5.69 Å². The first-order valence-electron chi connectivity index (χ1n) is 10.7. The Hall–Kier alpha value is -2.44. The third-order valence-electron chi connectivity index (χ3n) is 6.16. The lowest BCUT2D eigenvalue weighted by Crippen LogP contribution is -2.51. The van der Waals surface area contributed by atoms with Crippen molar-refractivity contribution >= 4 is 29.1 Å². The molecular weight excluding hydrogens is 400 g/mol. The number of rotatable bonds is 5. The highest BCUT2D eigenvalue weighted by atomic mass is 35.5. The van der Waals surface area contributed by atoms with Gasteiger partial charge in [-0.05, 0) is 81.1 Å². The first-order chi connectivity index (χ1) is 14.6. The minimum absolute atomic E-state index is 0.0730. The van der Waals surface area contributed by atoms with Gasteiger partial charge in [0.15, 0.2) is 0 Å². The summed E-state index contributed by atoms with van der Waals surface area (Å²) in [4.78, 5) is 31.5. The van der Waals surface area contributed by atoms with Crippen LogP contribution in [0.1, 0.15) is 52.8 Å². The molecule has 2 amide bonds. The monoisotopic (exact) mass is 426 g/mol. The molecular formula is C23H27ClN4O2. The van der Waals surface area contributed by atoms with E-state index in [4.69, 9.17) is 11.6 Å². The third-order valence-corrected chi connectivity index (χ3v) is 6.46. The highest BCUT2D eigenvalue weighted by Gasteiger charge is 2.32. The molecule has 3 heterocycles. The Kier molecular flexibility index (Phi) is 6.65. The summed E-state index contributed by atoms with van der Waals surface area (Å²) in [5.74, 6) is 0.126. The standard InChI is InChI=1S/C23H27ClN4O2/c24-21-19(6-3-12-25-21)23(30)27-18-10-8-16(9-11-18)22(29)26-15-17-5-4-14-28-13-2-1-7-20(17)28/h3,6,8-12,17,20H,1-2,4-5,7,13-15H2,(H,26,29)(H,27,30). The second kappa shape index (κ2) is 9.58. The number of hydrogen-bond donors (Lipinski definition) is 2. The van der Waals surface area contributed by atoms with Gasteiger partial charge in [-0.2, -0.15) is 0 Å². The quantitative estimate of drug-likeness (QED) is 0.709. The zero-order valence-corrected chi connectivity index (χ0v) is 17.7. The van der Waals surface area contributed by atoms with E-state index in [-0.39, 0.29) is 17.0 Å². The van der Waals surface area contributed by atoms with Crippen molar-refractivity contribution in [3.8, 4) is 0 Å². The van der Waals surface area contributed by atoms with Gasteiger partial charge in [-0.3, -0.25) is 9.59 Å². The number of nitrogens with one attached hydrogen (secondary N) is 2. The fourth-order valence-electron chi connectivity index (χ4n) is 4.60. The number of anilines is 1. The topological polar surface area (TPSA) is 74.3 Å². The molecule has 1 aromatic carbocycles. The SMILES string of the molecule is O=C(NCC1CCCN2CCCCC12)c1ccc(NC(=O)c2cccnc2Cl)cc1. The van der Waals surface area contributed by atoms with Crippen LogP contribution in [0.25, 0.3) is 0 Å². The molecule has 0 aliphatic carbocycles. The maximum absolute atomic E-state index is 12.6. The summed E-state index contributed by atoms with van der Waals surface area (Å²) in [5, 5.41) is 6.05. The maximum Gasteiger partial charge on any atom is 0.258 e. The van der Waals surface area contributed by atoms with Crippen LogP contribution in [0.15, 0.2) is 42.6 Å². The van der Waals surface area contributed by atoms with Crippen LogP contribution in [0, 0.1) is 5.92 Å². The number of halogens is 1. The van der Waals surface area contributed by atoms with Crippen LogP contribution >= 0.6 is 11.6 Å². The van der Waals surface area contributed by atoms with Crippen LogP contribution in [0.2, 0.25) is 5.15 Å². The van der Waals surface area contributed by atoms with E-state index < -0.39 is 0 Å². The predicted octanol–water partition coefficient (Wildman–Crippen LogP) is 3.98. The molecule has 2 fully saturated rings. The number of fused-ring (bicyclic) bond motifs is 1. The highest BCUT2D eigenvalue weighted by molar-refractivity contribution is 6.33. The lowest BCUT2D eigenvalue weighted by molar-refractivity contribution is 0.0575. The number of benzene rings is 1. The van der Waals surface area contributed by atoms with E-state index in [1.54, 1.807) is 36.4 Å². The Morgan fingerprint density at radius 2 is 1.83 bits per heavy atom. The molecule has 4 rings (SSSR count). The Bertz CT molecular complexity index is 900. The van der Waals surface area contributed by atoms with Gasteiger partial charge in [0.05, 0.1) is 5.56 Å². The van der Waals surface area contributed by atoms with Gasteiger partial charge in [0.2, 0.25) is 0 Å². The Morgan fingerprint density at radius 1 is 1.03 bits per heavy atom. The number of piperidine rings is 2. The van der Waals surface area contributed by atoms with Gasteiger partial charge in [0.1, 0.15) is 5.15 Å². The molecule has 2 aromatic rings. The smallest absolute Gasteiger partial charge is 0.258 e. The van der Waals surface area contributed by atoms with Crippen LogP contribution < -0.4 is 10.6 Å². The van der Waals surface area contributed by atoms with Crippen LogP contribution in [-0.4, -0.2) is 47.4 Å². The van der Waals surface area contributed by atoms with Crippen molar-refractivity contribution in [2.75, 3.05) is 25.0 Å². The lowest BCUT2D eigenvalue weighted by atomic mass is 9.83. The van der Waals surface area contributed by atoms with Crippen molar-refractivity contribution in [1.29, 1.82) is 0 Å². The number of amides is 2. The maximum atomic E-state index is 12.6. The summed E-state index contributed by atoms with van der Waals surface area (Å²) in [6.45, 7) is 3.12. The molecule has 7 heteroatoms. The summed E-state index contributed by atoms with van der Waals surface area (Å²) in [5.41, 5.74) is 1.50. The molecule has 0 radical (unpaired) electrons. The van der Waals surface area contributed by atoms with E-state index in [0.717, 1.165) is 6.54 Å². The van der Waals surface area contributed by atoms with E-state index in [0.29, 0.717) is 28.8 Å². The van der Waals surface area contributed by atoms with Gasteiger partial charge in [0.25, 0.3) is 11.8 Å². The largest absolute Gasteiger partial charge is 0.352 e. The van der Waals surface area contributed by atoms with E-state index >= 15 is 0 Å². The summed E-state index contributed by atoms with van der Waals surface area (Å²) in [6, 6.07) is 10.8. The second-order valence-electron chi connectivity index (χ2n) is 8.08. The summed E-state index contributed by atoms with van der Waals surface area (Å²) < 4.78 is 0. The lowest BCUT2D eigenvalue weighted by Gasteiger charge is -2.44. The van der Waals surface area contributed by atoms with Crippen molar-refractivity contribution in [2.24, 2.45) is 5.92 Å². The van der Waals surface area contributed by atoms with Crippen molar-refractivity contribution in [2.45, 2.75) is 38.1 Å². The van der Waals surface area contributed by atoms with E-state index in [1.807, 2.05) is 0 Å². The first kappa shape index (κ1) is 20.8. The van der Waals surface area contributed by atoms with Gasteiger partial charge in [0, 0.05) is 30.0 Å². The summed E-state index contributed by atoms with van der Waals surface area (Å²) in [6.07, 6.45) is 7.77. The number of nitrogens with zero attached hydrogens (tertiary/aromatic N) is 2. The van der Waals surface area contributed by atoms with E-state index in [1.165, 1.54) is 51.4 Å². The molecule has 30 heavy (non-hydrogen) atoms. The Labute approximate surface area is 182 Å². The molecule has 2 aliphatic heterocycles. The zero-order chi connectivity index (χ0) is 20.9. The van der Waals surface area contributed by atoms with Gasteiger partial charge in [-0.1, -0.05) is 18.0 Å². The van der Waals surface area contributed by atoms with Crippen LogP contribution in [0.5, 0.6) is 0 Å². The number of pyridine rings is 1. The number of carbonyl (C=O) groups excluding carboxylic acids is 2. The first-order valence-corrected chi connectivity index (χ1v) is 11.0. The van der Waals surface area contributed by atoms with Crippen LogP contribution in [-0.2, 0) is 0 Å². The fraction of sp³-hybridized carbons (Fsp3) is 0.435. The minimum Gasteiger partial charge on any atom is -0.352 e. The average Bonchev–Trinajstić information content (AvgIpc) is 2.78. The molecule has 0 bridgehead atoms. The zero-order valence-electron chi connectivity index (χ0n) is 16.9. The molecule has 6 nitrogen and oxygen atoms in total. The number of hydrogen-bond acceptors (Lipinski definition) is 4. The van der Waals surface area contributed by atoms with Crippen molar-refractivity contribution in [3.05, 3.63) is 58.9 Å². The molecule has 2 atom stereocenters. The molecule has 158 valence electrons. The van der Waals surface area contributed by atoms with Gasteiger partial charge in [-0.25, -0.2) is 4.98 Å².